The summed E-state index contributed by atoms with van der Waals surface area (Å²) >= 11 is 0. The van der Waals surface area contributed by atoms with Gasteiger partial charge in [0.1, 0.15) is 0 Å². The van der Waals surface area contributed by atoms with E-state index in [-0.39, 0.29) is 6.42 Å². The maximum atomic E-state index is 11.7. The molecule has 0 bridgehead atoms. The molecule has 16 heavy (non-hydrogen) atoms. The molecule has 94 valence electrons. The second-order valence-electron chi connectivity index (χ2n) is 4.08. The van der Waals surface area contributed by atoms with Crippen LogP contribution in [-0.2, 0) is 9.59 Å². The molecule has 0 aromatic carbocycles. The van der Waals surface area contributed by atoms with Crippen LogP contribution in [0.1, 0.15) is 26.7 Å². The van der Waals surface area contributed by atoms with Gasteiger partial charge in [-0.05, 0) is 13.8 Å². The van der Waals surface area contributed by atoms with Gasteiger partial charge in [0.15, 0.2) is 0 Å². The highest BCUT2D eigenvalue weighted by atomic mass is 19.4. The Hall–Kier alpha value is -1.27. The van der Waals surface area contributed by atoms with Crippen LogP contribution >= 0.6 is 0 Å². The van der Waals surface area contributed by atoms with Crippen molar-refractivity contribution in [3.05, 3.63) is 0 Å². The van der Waals surface area contributed by atoms with Gasteiger partial charge in [0.05, 0.1) is 11.8 Å². The minimum atomic E-state index is -4.32. The lowest BCUT2D eigenvalue weighted by Gasteiger charge is -2.18. The average Bonchev–Trinajstić information content (AvgIpc) is 1.99. The fourth-order valence-corrected chi connectivity index (χ4v) is 0.883. The van der Waals surface area contributed by atoms with Gasteiger partial charge in [-0.15, -0.1) is 0 Å². The van der Waals surface area contributed by atoms with Crippen LogP contribution in [0.25, 0.3) is 0 Å². The van der Waals surface area contributed by atoms with E-state index in [1.54, 1.807) is 0 Å². The first kappa shape index (κ1) is 14.7. The van der Waals surface area contributed by atoms with E-state index in [0.717, 1.165) is 0 Å². The topological polar surface area (TPSA) is 66.4 Å². The quantitative estimate of drug-likeness (QED) is 0.767. The molecule has 0 unspecified atom stereocenters. The van der Waals surface area contributed by atoms with Gasteiger partial charge in [0, 0.05) is 13.0 Å². The number of carbonyl (C=O) groups excluding carboxylic acids is 1. The van der Waals surface area contributed by atoms with Gasteiger partial charge < -0.3 is 10.4 Å². The van der Waals surface area contributed by atoms with E-state index < -0.39 is 36.4 Å². The fraction of sp³-hybridized carbons (Fsp3) is 0.778. The van der Waals surface area contributed by atoms with Crippen LogP contribution in [0.3, 0.4) is 0 Å². The zero-order valence-corrected chi connectivity index (χ0v) is 9.02. The Labute approximate surface area is 90.8 Å². The van der Waals surface area contributed by atoms with Crippen molar-refractivity contribution >= 4 is 11.9 Å². The molecule has 0 aliphatic heterocycles. The maximum absolute atomic E-state index is 11.7. The maximum Gasteiger partial charge on any atom is 0.390 e. The highest BCUT2D eigenvalue weighted by Gasteiger charge is 2.31. The zero-order chi connectivity index (χ0) is 13.0. The van der Waals surface area contributed by atoms with Crippen molar-refractivity contribution in [1.82, 2.24) is 5.32 Å². The van der Waals surface area contributed by atoms with Crippen LogP contribution in [-0.4, -0.2) is 29.7 Å². The van der Waals surface area contributed by atoms with Crippen molar-refractivity contribution in [3.63, 3.8) is 0 Å². The molecule has 7 heteroatoms. The van der Waals surface area contributed by atoms with E-state index in [1.165, 1.54) is 13.8 Å². The van der Waals surface area contributed by atoms with Crippen molar-refractivity contribution in [2.45, 2.75) is 32.9 Å². The lowest BCUT2D eigenvalue weighted by atomic mass is 9.89. The third kappa shape index (κ3) is 6.26. The first-order valence-electron chi connectivity index (χ1n) is 4.61. The Balaban J connectivity index is 3.97. The summed E-state index contributed by atoms with van der Waals surface area (Å²) in [7, 11) is 0. The molecule has 0 spiro atoms. The third-order valence-corrected chi connectivity index (χ3v) is 1.91. The second kappa shape index (κ2) is 5.18. The predicted molar refractivity (Wildman–Crippen MR) is 49.7 cm³/mol. The molecule has 0 heterocycles. The van der Waals surface area contributed by atoms with Crippen LogP contribution in [0, 0.1) is 5.41 Å². The van der Waals surface area contributed by atoms with Crippen molar-refractivity contribution in [1.29, 1.82) is 0 Å². The number of hydrogen-bond acceptors (Lipinski definition) is 2. The molecular weight excluding hydrogens is 227 g/mol. The number of alkyl halides is 3. The largest absolute Gasteiger partial charge is 0.481 e. The third-order valence-electron chi connectivity index (χ3n) is 1.91. The van der Waals surface area contributed by atoms with Crippen LogP contribution in [0.15, 0.2) is 0 Å². The lowest BCUT2D eigenvalue weighted by Crippen LogP contribution is -2.34. The molecule has 1 amide bonds. The average molecular weight is 241 g/mol. The van der Waals surface area contributed by atoms with Crippen LogP contribution < -0.4 is 5.32 Å². The van der Waals surface area contributed by atoms with Crippen molar-refractivity contribution in [3.8, 4) is 0 Å². The molecular formula is C9H14F3NO3. The molecule has 0 aliphatic carbocycles. The van der Waals surface area contributed by atoms with Crippen molar-refractivity contribution < 1.29 is 27.9 Å². The monoisotopic (exact) mass is 241 g/mol. The molecule has 0 saturated heterocycles. The normalized spacial score (nSPS) is 12.3. The van der Waals surface area contributed by atoms with E-state index >= 15 is 0 Å². The first-order chi connectivity index (χ1) is 7.04. The summed E-state index contributed by atoms with van der Waals surface area (Å²) in [6.45, 7) is 2.13. The molecule has 0 aromatic rings. The molecule has 0 aliphatic rings. The molecule has 4 nitrogen and oxygen atoms in total. The number of carboxylic acids is 1. The molecule has 0 atom stereocenters. The number of carboxylic acid groups (broad SMARTS) is 1. The zero-order valence-electron chi connectivity index (χ0n) is 9.02. The van der Waals surface area contributed by atoms with Gasteiger partial charge in [-0.1, -0.05) is 0 Å². The second-order valence-corrected chi connectivity index (χ2v) is 4.08. The van der Waals surface area contributed by atoms with E-state index in [9.17, 15) is 22.8 Å². The summed E-state index contributed by atoms with van der Waals surface area (Å²) in [5, 5.41) is 10.7. The Morgan fingerprint density at radius 3 is 2.12 bits per heavy atom. The smallest absolute Gasteiger partial charge is 0.390 e. The Kier molecular flexibility index (Phi) is 4.77. The first-order valence-corrected chi connectivity index (χ1v) is 4.61. The predicted octanol–water partition coefficient (Wildman–Crippen LogP) is 1.56. The summed E-state index contributed by atoms with van der Waals surface area (Å²) in [6.07, 6.45) is -5.79. The summed E-state index contributed by atoms with van der Waals surface area (Å²) in [5.41, 5.74) is -1.28. The molecule has 0 fully saturated rings. The van der Waals surface area contributed by atoms with Gasteiger partial charge in [-0.3, -0.25) is 9.59 Å². The van der Waals surface area contributed by atoms with E-state index in [0.29, 0.717) is 0 Å². The summed E-state index contributed by atoms with van der Waals surface area (Å²) < 4.78 is 35.2. The number of carbonyl (C=O) groups is 2. The molecule has 2 N–H and O–H groups in total. The Morgan fingerprint density at radius 2 is 1.75 bits per heavy atom. The summed E-state index contributed by atoms with van der Waals surface area (Å²) in [6, 6.07) is 0. The van der Waals surface area contributed by atoms with Gasteiger partial charge in [0.25, 0.3) is 0 Å². The van der Waals surface area contributed by atoms with Gasteiger partial charge >= 0.3 is 12.1 Å². The molecule has 0 aromatic heterocycles. The van der Waals surface area contributed by atoms with Crippen LogP contribution in [0.2, 0.25) is 0 Å². The van der Waals surface area contributed by atoms with Gasteiger partial charge in [0.2, 0.25) is 5.91 Å². The van der Waals surface area contributed by atoms with Crippen LogP contribution in [0.5, 0.6) is 0 Å². The molecule has 0 rings (SSSR count). The molecule has 0 saturated carbocycles. The number of nitrogens with one attached hydrogen (secondary N) is 1. The Bertz CT molecular complexity index is 274. The highest BCUT2D eigenvalue weighted by Crippen LogP contribution is 2.21. The SMILES string of the molecule is CC(C)(CC(=O)NCCC(F)(F)F)C(=O)O. The van der Waals surface area contributed by atoms with Crippen molar-refractivity contribution in [2.75, 3.05) is 6.54 Å². The lowest BCUT2D eigenvalue weighted by molar-refractivity contribution is -0.150. The number of rotatable bonds is 5. The summed E-state index contributed by atoms with van der Waals surface area (Å²) in [5.74, 6) is -1.87. The number of amides is 1. The number of halogens is 3. The Morgan fingerprint density at radius 1 is 1.25 bits per heavy atom. The minimum Gasteiger partial charge on any atom is -0.481 e. The van der Waals surface area contributed by atoms with E-state index in [1.807, 2.05) is 5.32 Å². The standard InChI is InChI=1S/C9H14F3NO3/c1-8(2,7(15)16)5-6(14)13-4-3-9(10,11)12/h3-5H2,1-2H3,(H,13,14)(H,15,16). The van der Waals surface area contributed by atoms with Gasteiger partial charge in [-0.2, -0.15) is 13.2 Å². The van der Waals surface area contributed by atoms with Crippen LogP contribution in [0.4, 0.5) is 13.2 Å². The van der Waals surface area contributed by atoms with E-state index in [4.69, 9.17) is 5.11 Å². The van der Waals surface area contributed by atoms with E-state index in [2.05, 4.69) is 0 Å². The highest BCUT2D eigenvalue weighted by molar-refractivity contribution is 5.84. The van der Waals surface area contributed by atoms with Gasteiger partial charge in [-0.25, -0.2) is 0 Å². The minimum absolute atomic E-state index is 0.347. The fourth-order valence-electron chi connectivity index (χ4n) is 0.883. The number of hydrogen-bond donors (Lipinski definition) is 2. The summed E-state index contributed by atoms with van der Waals surface area (Å²) in [4.78, 5) is 21.7. The van der Waals surface area contributed by atoms with Crippen molar-refractivity contribution in [2.24, 2.45) is 5.41 Å². The molecule has 0 radical (unpaired) electrons. The number of aliphatic carboxylic acids is 1.